The van der Waals surface area contributed by atoms with Crippen LogP contribution in [-0.2, 0) is 0 Å². The van der Waals surface area contributed by atoms with E-state index in [1.165, 1.54) is 25.8 Å². The average Bonchev–Trinajstić information content (AvgIpc) is 1.93. The molecule has 2 N–H and O–H groups in total. The number of nitrogens with two attached hydrogens (primary N) is 1. The zero-order chi connectivity index (χ0) is 8.97. The molecule has 1 aliphatic carbocycles. The topological polar surface area (TPSA) is 29.3 Å². The van der Waals surface area contributed by atoms with Gasteiger partial charge in [-0.25, -0.2) is 0 Å². The quantitative estimate of drug-likeness (QED) is 0.658. The van der Waals surface area contributed by atoms with Crippen molar-refractivity contribution in [3.8, 4) is 0 Å². The maximum Gasteiger partial charge on any atom is 0.0740 e. The van der Waals surface area contributed by atoms with Crippen LogP contribution in [0.1, 0.15) is 25.7 Å². The molecule has 0 spiro atoms. The van der Waals surface area contributed by atoms with Crippen molar-refractivity contribution in [2.75, 3.05) is 20.1 Å². The second-order valence-corrected chi connectivity index (χ2v) is 4.30. The van der Waals surface area contributed by atoms with Gasteiger partial charge in [0.1, 0.15) is 0 Å². The van der Waals surface area contributed by atoms with Gasteiger partial charge in [-0.15, -0.1) is 0 Å². The third kappa shape index (κ3) is 3.50. The highest BCUT2D eigenvalue weighted by atomic mass is 32.1. The molecule has 0 amide bonds. The minimum absolute atomic E-state index is 0.635. The zero-order valence-corrected chi connectivity index (χ0v) is 8.57. The molecule has 3 heteroatoms. The van der Waals surface area contributed by atoms with Crippen molar-refractivity contribution in [3.63, 3.8) is 0 Å². The van der Waals surface area contributed by atoms with Crippen LogP contribution < -0.4 is 5.73 Å². The van der Waals surface area contributed by atoms with E-state index in [1.807, 2.05) is 0 Å². The molecule has 0 aromatic carbocycles. The van der Waals surface area contributed by atoms with Gasteiger partial charge in [0.05, 0.1) is 4.99 Å². The molecule has 0 atom stereocenters. The highest BCUT2D eigenvalue weighted by Crippen LogP contribution is 2.26. The fourth-order valence-electron chi connectivity index (χ4n) is 1.51. The molecule has 0 saturated heterocycles. The van der Waals surface area contributed by atoms with Gasteiger partial charge in [-0.1, -0.05) is 18.6 Å². The van der Waals surface area contributed by atoms with Crippen molar-refractivity contribution in [2.24, 2.45) is 11.7 Å². The van der Waals surface area contributed by atoms with Crippen LogP contribution in [0.15, 0.2) is 0 Å². The zero-order valence-electron chi connectivity index (χ0n) is 7.75. The molecule has 2 nitrogen and oxygen atoms in total. The minimum Gasteiger partial charge on any atom is -0.393 e. The van der Waals surface area contributed by atoms with Gasteiger partial charge in [0.25, 0.3) is 0 Å². The van der Waals surface area contributed by atoms with E-state index >= 15 is 0 Å². The lowest BCUT2D eigenvalue weighted by atomic mass is 9.85. The van der Waals surface area contributed by atoms with E-state index in [2.05, 4.69) is 11.9 Å². The SMILES string of the molecule is CN(CCC(N)=S)CC1CCC1. The Labute approximate surface area is 80.1 Å². The molecular weight excluding hydrogens is 168 g/mol. The Bertz CT molecular complexity index is 155. The monoisotopic (exact) mass is 186 g/mol. The fourth-order valence-corrected chi connectivity index (χ4v) is 1.60. The number of hydrogen-bond donors (Lipinski definition) is 1. The number of nitrogens with zero attached hydrogens (tertiary/aromatic N) is 1. The molecule has 0 radical (unpaired) electrons. The van der Waals surface area contributed by atoms with Crippen LogP contribution in [0.3, 0.4) is 0 Å². The first-order valence-electron chi connectivity index (χ1n) is 4.65. The van der Waals surface area contributed by atoms with Crippen LogP contribution in [0.25, 0.3) is 0 Å². The average molecular weight is 186 g/mol. The van der Waals surface area contributed by atoms with Gasteiger partial charge in [0, 0.05) is 19.5 Å². The highest BCUT2D eigenvalue weighted by Gasteiger charge is 2.18. The Morgan fingerprint density at radius 3 is 2.67 bits per heavy atom. The molecular formula is C9H18N2S. The normalized spacial score (nSPS) is 17.8. The molecule has 70 valence electrons. The van der Waals surface area contributed by atoms with E-state index in [9.17, 15) is 0 Å². The molecule has 0 bridgehead atoms. The van der Waals surface area contributed by atoms with Gasteiger partial charge in [-0.05, 0) is 25.8 Å². The lowest BCUT2D eigenvalue weighted by Gasteiger charge is -2.29. The summed E-state index contributed by atoms with van der Waals surface area (Å²) in [4.78, 5) is 2.97. The van der Waals surface area contributed by atoms with Crippen molar-refractivity contribution in [1.29, 1.82) is 0 Å². The molecule has 0 aliphatic heterocycles. The Balaban J connectivity index is 2.02. The Morgan fingerprint density at radius 2 is 2.25 bits per heavy atom. The van der Waals surface area contributed by atoms with Gasteiger partial charge >= 0.3 is 0 Å². The second kappa shape index (κ2) is 4.77. The van der Waals surface area contributed by atoms with Gasteiger partial charge in [0.15, 0.2) is 0 Å². The Hall–Kier alpha value is -0.150. The smallest absolute Gasteiger partial charge is 0.0740 e. The maximum absolute atomic E-state index is 5.42. The van der Waals surface area contributed by atoms with Crippen LogP contribution in [0.5, 0.6) is 0 Å². The summed E-state index contributed by atoms with van der Waals surface area (Å²) in [5.74, 6) is 0.946. The first kappa shape index (κ1) is 9.93. The summed E-state index contributed by atoms with van der Waals surface area (Å²) in [5.41, 5.74) is 5.42. The van der Waals surface area contributed by atoms with Gasteiger partial charge in [0.2, 0.25) is 0 Å². The van der Waals surface area contributed by atoms with Gasteiger partial charge in [-0.3, -0.25) is 0 Å². The molecule has 0 heterocycles. The third-order valence-electron chi connectivity index (χ3n) is 2.53. The summed E-state index contributed by atoms with van der Waals surface area (Å²) < 4.78 is 0. The molecule has 1 fully saturated rings. The summed E-state index contributed by atoms with van der Waals surface area (Å²) in [5, 5.41) is 0. The first-order valence-corrected chi connectivity index (χ1v) is 5.06. The van der Waals surface area contributed by atoms with Crippen LogP contribution >= 0.6 is 12.2 Å². The Morgan fingerprint density at radius 1 is 1.58 bits per heavy atom. The molecule has 1 rings (SSSR count). The molecule has 12 heavy (non-hydrogen) atoms. The van der Waals surface area contributed by atoms with E-state index in [-0.39, 0.29) is 0 Å². The van der Waals surface area contributed by atoms with Crippen LogP contribution in [0.4, 0.5) is 0 Å². The number of thiocarbonyl (C=S) groups is 1. The van der Waals surface area contributed by atoms with E-state index < -0.39 is 0 Å². The van der Waals surface area contributed by atoms with E-state index in [0.717, 1.165) is 18.9 Å². The van der Waals surface area contributed by atoms with E-state index in [0.29, 0.717) is 4.99 Å². The summed E-state index contributed by atoms with van der Waals surface area (Å²) in [6.07, 6.45) is 5.11. The number of rotatable bonds is 5. The largest absolute Gasteiger partial charge is 0.393 e. The summed E-state index contributed by atoms with van der Waals surface area (Å²) >= 11 is 4.82. The highest BCUT2D eigenvalue weighted by molar-refractivity contribution is 7.80. The lowest BCUT2D eigenvalue weighted by Crippen LogP contribution is -2.31. The summed E-state index contributed by atoms with van der Waals surface area (Å²) in [6, 6.07) is 0. The van der Waals surface area contributed by atoms with Gasteiger partial charge in [-0.2, -0.15) is 0 Å². The first-order chi connectivity index (χ1) is 5.68. The molecule has 0 aromatic rings. The molecule has 1 saturated carbocycles. The second-order valence-electron chi connectivity index (χ2n) is 3.78. The maximum atomic E-state index is 5.42. The minimum atomic E-state index is 0.635. The predicted octanol–water partition coefficient (Wildman–Crippen LogP) is 1.39. The van der Waals surface area contributed by atoms with Crippen molar-refractivity contribution in [1.82, 2.24) is 4.90 Å². The van der Waals surface area contributed by atoms with E-state index in [1.54, 1.807) is 0 Å². The molecule has 1 aliphatic rings. The van der Waals surface area contributed by atoms with Gasteiger partial charge < -0.3 is 10.6 Å². The van der Waals surface area contributed by atoms with E-state index in [4.69, 9.17) is 18.0 Å². The fraction of sp³-hybridized carbons (Fsp3) is 0.889. The summed E-state index contributed by atoms with van der Waals surface area (Å²) in [6.45, 7) is 2.24. The summed E-state index contributed by atoms with van der Waals surface area (Å²) in [7, 11) is 2.15. The standard InChI is InChI=1S/C9H18N2S/c1-11(6-5-9(10)12)7-8-3-2-4-8/h8H,2-7H2,1H3,(H2,10,12). The van der Waals surface area contributed by atoms with Crippen molar-refractivity contribution in [2.45, 2.75) is 25.7 Å². The van der Waals surface area contributed by atoms with Crippen molar-refractivity contribution >= 4 is 17.2 Å². The molecule has 0 aromatic heterocycles. The molecule has 0 unspecified atom stereocenters. The predicted molar refractivity (Wildman–Crippen MR) is 56.2 cm³/mol. The third-order valence-corrected chi connectivity index (χ3v) is 2.74. The lowest BCUT2D eigenvalue weighted by molar-refractivity contribution is 0.209. The van der Waals surface area contributed by atoms with Crippen LogP contribution in [0.2, 0.25) is 0 Å². The van der Waals surface area contributed by atoms with Crippen LogP contribution in [0, 0.1) is 5.92 Å². The van der Waals surface area contributed by atoms with Crippen molar-refractivity contribution < 1.29 is 0 Å². The Kier molecular flexibility index (Phi) is 3.95. The van der Waals surface area contributed by atoms with Crippen molar-refractivity contribution in [3.05, 3.63) is 0 Å². The number of hydrogen-bond acceptors (Lipinski definition) is 2. The van der Waals surface area contributed by atoms with Crippen LogP contribution in [-0.4, -0.2) is 30.0 Å².